The normalized spacial score (nSPS) is 19.1. The van der Waals surface area contributed by atoms with E-state index in [-0.39, 0.29) is 0 Å². The van der Waals surface area contributed by atoms with E-state index in [1.165, 1.54) is 11.3 Å². The van der Waals surface area contributed by atoms with Gasteiger partial charge in [-0.1, -0.05) is 11.6 Å². The first-order valence-electron chi connectivity index (χ1n) is 3.64. The smallest absolute Gasteiger partial charge is 0.315 e. The van der Waals surface area contributed by atoms with Gasteiger partial charge in [0, 0.05) is 4.88 Å². The average molecular weight is 203 g/mol. The van der Waals surface area contributed by atoms with Crippen LogP contribution in [0.15, 0.2) is 11.4 Å². The summed E-state index contributed by atoms with van der Waals surface area (Å²) in [7, 11) is 0. The molecule has 0 atom stereocenters. The van der Waals surface area contributed by atoms with Crippen molar-refractivity contribution >= 4 is 28.9 Å². The third kappa shape index (κ3) is 0.967. The van der Waals surface area contributed by atoms with Crippen LogP contribution in [0.1, 0.15) is 17.7 Å². The van der Waals surface area contributed by atoms with Gasteiger partial charge in [-0.2, -0.15) is 0 Å². The molecule has 1 aromatic heterocycles. The van der Waals surface area contributed by atoms with E-state index in [0.29, 0.717) is 5.02 Å². The van der Waals surface area contributed by atoms with Crippen LogP contribution in [-0.2, 0) is 10.2 Å². The fourth-order valence-electron chi connectivity index (χ4n) is 1.30. The molecule has 64 valence electrons. The van der Waals surface area contributed by atoms with E-state index in [0.717, 1.165) is 17.7 Å². The minimum Gasteiger partial charge on any atom is -0.481 e. The molecule has 0 radical (unpaired) electrons. The van der Waals surface area contributed by atoms with Crippen LogP contribution in [0.25, 0.3) is 0 Å². The molecule has 0 aliphatic heterocycles. The Bertz CT molecular complexity index is 328. The average Bonchev–Trinajstić information content (AvgIpc) is 2.71. The first-order chi connectivity index (χ1) is 5.67. The molecule has 1 aliphatic carbocycles. The molecule has 2 rings (SSSR count). The zero-order valence-electron chi connectivity index (χ0n) is 6.21. The Morgan fingerprint density at radius 2 is 2.33 bits per heavy atom. The van der Waals surface area contributed by atoms with Gasteiger partial charge in [-0.15, -0.1) is 11.3 Å². The van der Waals surface area contributed by atoms with E-state index in [1.54, 1.807) is 6.07 Å². The Hall–Kier alpha value is -0.540. The minimum atomic E-state index is -0.744. The monoisotopic (exact) mass is 202 g/mol. The third-order valence-electron chi connectivity index (χ3n) is 2.21. The molecule has 0 amide bonds. The predicted octanol–water partition coefficient (Wildman–Crippen LogP) is 2.52. The van der Waals surface area contributed by atoms with Crippen molar-refractivity contribution < 1.29 is 9.90 Å². The van der Waals surface area contributed by atoms with Gasteiger partial charge in [0.2, 0.25) is 0 Å². The summed E-state index contributed by atoms with van der Waals surface area (Å²) in [6.45, 7) is 0. The van der Waals surface area contributed by atoms with E-state index in [9.17, 15) is 4.79 Å². The lowest BCUT2D eigenvalue weighted by atomic mass is 10.1. The van der Waals surface area contributed by atoms with Gasteiger partial charge in [-0.05, 0) is 24.3 Å². The molecular formula is C8H7ClO2S. The Balaban J connectivity index is 2.43. The van der Waals surface area contributed by atoms with Crippen LogP contribution < -0.4 is 0 Å². The Morgan fingerprint density at radius 3 is 2.67 bits per heavy atom. The second-order valence-electron chi connectivity index (χ2n) is 2.98. The first kappa shape index (κ1) is 8.08. The van der Waals surface area contributed by atoms with E-state index >= 15 is 0 Å². The van der Waals surface area contributed by atoms with Crippen LogP contribution in [0.2, 0.25) is 5.02 Å². The number of rotatable bonds is 2. The second kappa shape index (κ2) is 2.47. The van der Waals surface area contributed by atoms with Gasteiger partial charge in [0.25, 0.3) is 0 Å². The van der Waals surface area contributed by atoms with E-state index < -0.39 is 11.4 Å². The molecule has 1 aliphatic rings. The summed E-state index contributed by atoms with van der Waals surface area (Å²) in [6, 6.07) is 1.75. The standard InChI is InChI=1S/C8H7ClO2S/c9-5-1-4-12-6(5)8(2-3-8)7(10)11/h1,4H,2-3H2,(H,10,11). The highest BCUT2D eigenvalue weighted by Crippen LogP contribution is 2.52. The van der Waals surface area contributed by atoms with Crippen molar-refractivity contribution in [3.05, 3.63) is 21.3 Å². The van der Waals surface area contributed by atoms with Crippen LogP contribution in [0.4, 0.5) is 0 Å². The minimum absolute atomic E-state index is 0.597. The number of hydrogen-bond acceptors (Lipinski definition) is 2. The van der Waals surface area contributed by atoms with Gasteiger partial charge in [-0.25, -0.2) is 0 Å². The fraction of sp³-hybridized carbons (Fsp3) is 0.375. The summed E-state index contributed by atoms with van der Waals surface area (Å²) >= 11 is 7.29. The molecule has 0 bridgehead atoms. The largest absolute Gasteiger partial charge is 0.481 e. The molecule has 0 unspecified atom stereocenters. The van der Waals surface area contributed by atoms with Gasteiger partial charge in [0.15, 0.2) is 0 Å². The van der Waals surface area contributed by atoms with Crippen LogP contribution in [0.5, 0.6) is 0 Å². The fourth-order valence-corrected chi connectivity index (χ4v) is 2.79. The van der Waals surface area contributed by atoms with Crippen molar-refractivity contribution in [3.63, 3.8) is 0 Å². The SMILES string of the molecule is O=C(O)C1(c2sccc2Cl)CC1. The first-order valence-corrected chi connectivity index (χ1v) is 4.89. The third-order valence-corrected chi connectivity index (χ3v) is 3.76. The van der Waals surface area contributed by atoms with E-state index in [2.05, 4.69) is 0 Å². The lowest BCUT2D eigenvalue weighted by molar-refractivity contribution is -0.139. The van der Waals surface area contributed by atoms with Crippen molar-refractivity contribution in [2.24, 2.45) is 0 Å². The molecule has 2 nitrogen and oxygen atoms in total. The van der Waals surface area contributed by atoms with Crippen LogP contribution in [0.3, 0.4) is 0 Å². The molecule has 4 heteroatoms. The van der Waals surface area contributed by atoms with Gasteiger partial charge >= 0.3 is 5.97 Å². The van der Waals surface area contributed by atoms with E-state index in [4.69, 9.17) is 16.7 Å². The highest BCUT2D eigenvalue weighted by Gasteiger charge is 2.53. The quantitative estimate of drug-likeness (QED) is 0.800. The molecule has 0 saturated heterocycles. The number of carboxylic acid groups (broad SMARTS) is 1. The molecule has 0 aromatic carbocycles. The molecular weight excluding hydrogens is 196 g/mol. The number of thiophene rings is 1. The van der Waals surface area contributed by atoms with Crippen molar-refractivity contribution in [1.29, 1.82) is 0 Å². The number of carbonyl (C=O) groups is 1. The maximum Gasteiger partial charge on any atom is 0.315 e. The zero-order chi connectivity index (χ0) is 8.77. The molecule has 1 aromatic rings. The summed E-state index contributed by atoms with van der Waals surface area (Å²) in [6.07, 6.45) is 1.45. The zero-order valence-corrected chi connectivity index (χ0v) is 7.78. The van der Waals surface area contributed by atoms with Crippen molar-refractivity contribution in [3.8, 4) is 0 Å². The van der Waals surface area contributed by atoms with Gasteiger partial charge in [0.05, 0.1) is 5.02 Å². The Morgan fingerprint density at radius 1 is 1.67 bits per heavy atom. The second-order valence-corrected chi connectivity index (χ2v) is 4.31. The summed E-state index contributed by atoms with van der Waals surface area (Å²) in [4.78, 5) is 11.7. The maximum absolute atomic E-state index is 10.9. The van der Waals surface area contributed by atoms with Gasteiger partial charge in [-0.3, -0.25) is 4.79 Å². The summed E-state index contributed by atoms with van der Waals surface area (Å²) in [5.41, 5.74) is -0.634. The van der Waals surface area contributed by atoms with Crippen molar-refractivity contribution in [2.75, 3.05) is 0 Å². The number of carboxylic acids is 1. The Kier molecular flexibility index (Phi) is 1.66. The lowest BCUT2D eigenvalue weighted by Gasteiger charge is -2.06. The molecule has 12 heavy (non-hydrogen) atoms. The van der Waals surface area contributed by atoms with Gasteiger partial charge in [0.1, 0.15) is 5.41 Å². The number of aliphatic carboxylic acids is 1. The summed E-state index contributed by atoms with van der Waals surface area (Å²) in [5.74, 6) is -0.744. The van der Waals surface area contributed by atoms with Crippen LogP contribution >= 0.6 is 22.9 Å². The van der Waals surface area contributed by atoms with Gasteiger partial charge < -0.3 is 5.11 Å². The highest BCUT2D eigenvalue weighted by atomic mass is 35.5. The molecule has 1 saturated carbocycles. The van der Waals surface area contributed by atoms with Crippen molar-refractivity contribution in [2.45, 2.75) is 18.3 Å². The maximum atomic E-state index is 10.9. The molecule has 1 heterocycles. The van der Waals surface area contributed by atoms with Crippen LogP contribution in [-0.4, -0.2) is 11.1 Å². The molecule has 1 fully saturated rings. The predicted molar refractivity (Wildman–Crippen MR) is 47.9 cm³/mol. The highest BCUT2D eigenvalue weighted by molar-refractivity contribution is 7.11. The summed E-state index contributed by atoms with van der Waals surface area (Å²) < 4.78 is 0. The number of halogens is 1. The van der Waals surface area contributed by atoms with Crippen molar-refractivity contribution in [1.82, 2.24) is 0 Å². The topological polar surface area (TPSA) is 37.3 Å². The van der Waals surface area contributed by atoms with E-state index in [1.807, 2.05) is 5.38 Å². The molecule has 0 spiro atoms. The molecule has 1 N–H and O–H groups in total. The summed E-state index contributed by atoms with van der Waals surface area (Å²) in [5, 5.41) is 11.4. The van der Waals surface area contributed by atoms with Crippen LogP contribution in [0, 0.1) is 0 Å². The number of hydrogen-bond donors (Lipinski definition) is 1. The Labute approximate surface area is 78.8 Å². The lowest BCUT2D eigenvalue weighted by Crippen LogP contribution is -2.18.